The second-order valence-corrected chi connectivity index (χ2v) is 13.3. The van der Waals surface area contributed by atoms with E-state index >= 15 is 0 Å². The molecule has 4 nitrogen and oxygen atoms in total. The van der Waals surface area contributed by atoms with Gasteiger partial charge in [0.15, 0.2) is 0 Å². The molecule has 0 aliphatic carbocycles. The van der Waals surface area contributed by atoms with E-state index in [0.29, 0.717) is 12.8 Å². The molecule has 0 N–H and O–H groups in total. The summed E-state index contributed by atoms with van der Waals surface area (Å²) in [5.41, 5.74) is 0.648. The molecule has 2 rings (SSSR count). The minimum Gasteiger partial charge on any atom is -0.550 e. The predicted octanol–water partition coefficient (Wildman–Crippen LogP) is 3.97. The molecule has 0 aliphatic heterocycles. The molecule has 0 aromatic heterocycles. The Morgan fingerprint density at radius 2 is 1.21 bits per heavy atom. The Bertz CT molecular complexity index is 754. The molecule has 0 heterocycles. The Labute approximate surface area is 210 Å². The van der Waals surface area contributed by atoms with Crippen LogP contribution in [0.25, 0.3) is 0 Å². The largest absolute Gasteiger partial charge is 0.550 e. The molecule has 0 aliphatic rings. The third-order valence-corrected chi connectivity index (χ3v) is 11.7. The molecular weight excluding hydrogens is 519 g/mol. The van der Waals surface area contributed by atoms with Crippen molar-refractivity contribution in [3.05, 3.63) is 71.8 Å². The van der Waals surface area contributed by atoms with Crippen LogP contribution in [0.15, 0.2) is 60.7 Å². The van der Waals surface area contributed by atoms with Gasteiger partial charge in [0.25, 0.3) is 0 Å². The zero-order chi connectivity index (χ0) is 24.7. The first-order valence-electron chi connectivity index (χ1n) is 11.8. The Morgan fingerprint density at radius 3 is 1.55 bits per heavy atom. The average Bonchev–Trinajstić information content (AvgIpc) is 2.74. The van der Waals surface area contributed by atoms with E-state index in [1.807, 2.05) is 60.7 Å². The second-order valence-electron chi connectivity index (χ2n) is 9.56. The molecule has 0 unspecified atom stereocenters. The normalized spacial score (nSPS) is 11.0. The standard InChI is InChI=1S/C20H22O4.2C4H9.Sn/c21-18(22)12-7-13-20(19(23)24,14-16-8-3-1-4-9-16)15-17-10-5-2-6-11-17;2*1-4(2)3;/h1-6,8-11H,7,12-15H2,(H,21,22)(H,23,24);2*4H,1H2,2-3H3;/q;;;+2/p-2. The van der Waals surface area contributed by atoms with Gasteiger partial charge in [-0.2, -0.15) is 0 Å². The van der Waals surface area contributed by atoms with Crippen molar-refractivity contribution in [2.75, 3.05) is 0 Å². The van der Waals surface area contributed by atoms with Gasteiger partial charge in [0.2, 0.25) is 0 Å². The summed E-state index contributed by atoms with van der Waals surface area (Å²) in [6.07, 6.45) is 0.928. The van der Waals surface area contributed by atoms with Crippen molar-refractivity contribution in [1.82, 2.24) is 0 Å². The molecule has 0 atom stereocenters. The first-order valence-corrected chi connectivity index (χ1v) is 15.9. The van der Waals surface area contributed by atoms with Gasteiger partial charge in [0, 0.05) is 17.4 Å². The van der Waals surface area contributed by atoms with E-state index < -0.39 is 17.4 Å². The third-order valence-electron chi connectivity index (χ3n) is 5.35. The second kappa shape index (κ2) is 15.9. The van der Waals surface area contributed by atoms with Gasteiger partial charge in [-0.1, -0.05) is 60.7 Å². The maximum absolute atomic E-state index is 12.0. The van der Waals surface area contributed by atoms with Gasteiger partial charge in [-0.3, -0.25) is 0 Å². The number of carbonyl (C=O) groups excluding carboxylic acids is 2. The van der Waals surface area contributed by atoms with Gasteiger partial charge in [-0.05, 0) is 43.2 Å². The number of carboxylic acid groups (broad SMARTS) is 2. The molecule has 0 fully saturated rings. The van der Waals surface area contributed by atoms with Crippen molar-refractivity contribution in [1.29, 1.82) is 0 Å². The summed E-state index contributed by atoms with van der Waals surface area (Å²) in [6.45, 7) is 9.34. The fraction of sp³-hybridized carbons (Fsp3) is 0.500. The van der Waals surface area contributed by atoms with Gasteiger partial charge >= 0.3 is 69.5 Å². The first-order chi connectivity index (χ1) is 15.6. The van der Waals surface area contributed by atoms with Crippen molar-refractivity contribution in [3.8, 4) is 0 Å². The number of rotatable bonds is 13. The van der Waals surface area contributed by atoms with Crippen LogP contribution in [0.3, 0.4) is 0 Å². The van der Waals surface area contributed by atoms with E-state index in [-0.39, 0.29) is 40.4 Å². The molecule has 0 saturated heterocycles. The summed E-state index contributed by atoms with van der Waals surface area (Å²) in [6, 6.07) is 18.7. The Kier molecular flexibility index (Phi) is 14.1. The van der Waals surface area contributed by atoms with Crippen LogP contribution in [0.5, 0.6) is 0 Å². The van der Waals surface area contributed by atoms with E-state index in [1.54, 1.807) is 8.87 Å². The minimum absolute atomic E-state index is 0.0709. The van der Waals surface area contributed by atoms with E-state index in [2.05, 4.69) is 27.7 Å². The number of aliphatic carboxylic acids is 2. The topological polar surface area (TPSA) is 80.3 Å². The van der Waals surface area contributed by atoms with E-state index in [1.165, 1.54) is 0 Å². The Hall–Kier alpha value is -1.82. The summed E-state index contributed by atoms with van der Waals surface area (Å²) in [5, 5.41) is 22.7. The van der Waals surface area contributed by atoms with Crippen molar-refractivity contribution < 1.29 is 19.8 Å². The molecule has 2 aromatic rings. The number of hydrogen-bond acceptors (Lipinski definition) is 4. The van der Waals surface area contributed by atoms with Gasteiger partial charge < -0.3 is 19.8 Å². The molecule has 5 heteroatoms. The van der Waals surface area contributed by atoms with Crippen LogP contribution in [-0.2, 0) is 22.4 Å². The van der Waals surface area contributed by atoms with Crippen molar-refractivity contribution in [3.63, 3.8) is 0 Å². The zero-order valence-electron chi connectivity index (χ0n) is 20.5. The maximum Gasteiger partial charge on any atom is 0.0482 e. The molecular formula is C28H38O4Sn. The van der Waals surface area contributed by atoms with E-state index in [9.17, 15) is 19.8 Å². The van der Waals surface area contributed by atoms with Crippen LogP contribution in [0.1, 0.15) is 58.1 Å². The van der Waals surface area contributed by atoms with E-state index in [0.717, 1.165) is 23.0 Å². The molecule has 0 bridgehead atoms. The first kappa shape index (κ1) is 29.2. The molecule has 2 aromatic carbocycles. The van der Waals surface area contributed by atoms with Gasteiger partial charge in [0.1, 0.15) is 0 Å². The minimum atomic E-state index is -1.17. The fourth-order valence-electron chi connectivity index (χ4n) is 3.69. The smallest absolute Gasteiger partial charge is 0.0482 e. The number of carboxylic acids is 2. The summed E-state index contributed by atoms with van der Waals surface area (Å²) >= 11 is 0.0709. The molecule has 0 spiro atoms. The number of carbonyl (C=O) groups is 2. The SMILES string of the molecule is CC(C)[CH2][Sn+2][CH2]C(C)C.O=C([O-])CCCC(Cc1ccccc1)(Cc1ccccc1)C(=O)[O-]. The molecule has 178 valence electrons. The maximum atomic E-state index is 12.0. The third kappa shape index (κ3) is 12.9. The quantitative estimate of drug-likeness (QED) is 0.350. The van der Waals surface area contributed by atoms with Gasteiger partial charge in [-0.25, -0.2) is 0 Å². The van der Waals surface area contributed by atoms with Crippen LogP contribution >= 0.6 is 0 Å². The predicted molar refractivity (Wildman–Crippen MR) is 132 cm³/mol. The molecule has 0 saturated carbocycles. The van der Waals surface area contributed by atoms with E-state index in [4.69, 9.17) is 0 Å². The summed E-state index contributed by atoms with van der Waals surface area (Å²) in [4.78, 5) is 22.7. The van der Waals surface area contributed by atoms with Crippen molar-refractivity contribution in [2.45, 2.75) is 68.7 Å². The van der Waals surface area contributed by atoms with Crippen LogP contribution in [0, 0.1) is 17.3 Å². The summed E-state index contributed by atoms with van der Waals surface area (Å²) in [7, 11) is 0. The Balaban J connectivity index is 0.000000513. The van der Waals surface area contributed by atoms with Crippen LogP contribution in [0.2, 0.25) is 8.87 Å². The Morgan fingerprint density at radius 1 is 0.788 bits per heavy atom. The summed E-state index contributed by atoms with van der Waals surface area (Å²) < 4.78 is 3.14. The summed E-state index contributed by atoms with van der Waals surface area (Å²) in [5.74, 6) is -0.374. The van der Waals surface area contributed by atoms with Crippen molar-refractivity contribution >= 4 is 33.1 Å². The van der Waals surface area contributed by atoms with Crippen molar-refractivity contribution in [2.24, 2.45) is 17.3 Å². The molecule has 33 heavy (non-hydrogen) atoms. The average molecular weight is 557 g/mol. The molecule has 0 radical (unpaired) electrons. The van der Waals surface area contributed by atoms with Gasteiger partial charge in [-0.15, -0.1) is 0 Å². The van der Waals surface area contributed by atoms with Gasteiger partial charge in [0.05, 0.1) is 0 Å². The molecule has 0 amide bonds. The van der Waals surface area contributed by atoms with Crippen LogP contribution in [0.4, 0.5) is 0 Å². The van der Waals surface area contributed by atoms with Crippen LogP contribution < -0.4 is 10.2 Å². The number of benzene rings is 2. The zero-order valence-corrected chi connectivity index (χ0v) is 23.4. The monoisotopic (exact) mass is 558 g/mol. The van der Waals surface area contributed by atoms with Crippen LogP contribution in [-0.4, -0.2) is 33.1 Å². The fourth-order valence-corrected chi connectivity index (χ4v) is 7.46. The number of hydrogen-bond donors (Lipinski definition) is 0.